The fourth-order valence-electron chi connectivity index (χ4n) is 1.41. The molecule has 0 unspecified atom stereocenters. The molecule has 0 heterocycles. The molecule has 6 heteroatoms. The number of phenolic OH excluding ortho intramolecular Hbond substituents is 1. The summed E-state index contributed by atoms with van der Waals surface area (Å²) in [5.74, 6) is 0.0384. The van der Waals surface area contributed by atoms with Crippen molar-refractivity contribution in [3.05, 3.63) is 17.7 Å². The second-order valence-electron chi connectivity index (χ2n) is 3.47. The van der Waals surface area contributed by atoms with E-state index in [9.17, 15) is 15.3 Å². The molecule has 4 N–H and O–H groups in total. The van der Waals surface area contributed by atoms with E-state index in [0.29, 0.717) is 0 Å². The fourth-order valence-corrected chi connectivity index (χ4v) is 1.41. The fraction of sp³-hybridized carbons (Fsp3) is 0.455. The minimum absolute atomic E-state index is 0.114. The summed E-state index contributed by atoms with van der Waals surface area (Å²) in [6, 6.07) is 2.72. The highest BCUT2D eigenvalue weighted by Crippen LogP contribution is 2.39. The Morgan fingerprint density at radius 3 is 1.94 bits per heavy atom. The summed E-state index contributed by atoms with van der Waals surface area (Å²) in [5.41, 5.74) is 0.276. The Kier molecular flexibility index (Phi) is 4.56. The minimum atomic E-state index is -1.31. The smallest absolute Gasteiger partial charge is 0.200 e. The number of phenols is 1. The summed E-state index contributed by atoms with van der Waals surface area (Å²) >= 11 is 0. The molecular weight excluding hydrogens is 228 g/mol. The second kappa shape index (κ2) is 5.72. The van der Waals surface area contributed by atoms with E-state index in [1.807, 2.05) is 0 Å². The number of aliphatic hydroxyl groups is 3. The van der Waals surface area contributed by atoms with Crippen LogP contribution in [-0.4, -0.2) is 47.4 Å². The second-order valence-corrected chi connectivity index (χ2v) is 3.47. The highest BCUT2D eigenvalue weighted by molar-refractivity contribution is 5.53. The number of methoxy groups -OCH3 is 2. The van der Waals surface area contributed by atoms with Crippen LogP contribution in [0, 0.1) is 0 Å². The lowest BCUT2D eigenvalue weighted by atomic mass is 10.0. The SMILES string of the molecule is COc1cc([C@@H](O)[C@@H](O)CO)cc(OC)c1O. The van der Waals surface area contributed by atoms with Crippen molar-refractivity contribution in [3.8, 4) is 17.2 Å². The zero-order valence-electron chi connectivity index (χ0n) is 9.62. The molecule has 0 aliphatic carbocycles. The van der Waals surface area contributed by atoms with E-state index in [0.717, 1.165) is 0 Å². The first-order chi connectivity index (χ1) is 8.04. The molecule has 0 spiro atoms. The third-order valence-electron chi connectivity index (χ3n) is 2.40. The first-order valence-electron chi connectivity index (χ1n) is 4.97. The highest BCUT2D eigenvalue weighted by atomic mass is 16.5. The predicted molar refractivity (Wildman–Crippen MR) is 59.3 cm³/mol. The van der Waals surface area contributed by atoms with Gasteiger partial charge in [-0.1, -0.05) is 0 Å². The third kappa shape index (κ3) is 2.79. The number of aliphatic hydroxyl groups excluding tert-OH is 3. The van der Waals surface area contributed by atoms with E-state index in [4.69, 9.17) is 14.6 Å². The quantitative estimate of drug-likeness (QED) is 0.572. The van der Waals surface area contributed by atoms with Gasteiger partial charge < -0.3 is 29.9 Å². The molecular formula is C11H16O6. The van der Waals surface area contributed by atoms with Gasteiger partial charge in [0.2, 0.25) is 5.75 Å². The van der Waals surface area contributed by atoms with Crippen LogP contribution in [0.5, 0.6) is 17.2 Å². The van der Waals surface area contributed by atoms with Crippen LogP contribution in [0.15, 0.2) is 12.1 Å². The maximum atomic E-state index is 9.72. The minimum Gasteiger partial charge on any atom is -0.502 e. The van der Waals surface area contributed by atoms with Gasteiger partial charge >= 0.3 is 0 Å². The Bertz CT molecular complexity index is 353. The Morgan fingerprint density at radius 1 is 1.12 bits per heavy atom. The van der Waals surface area contributed by atoms with Gasteiger partial charge in [0, 0.05) is 0 Å². The van der Waals surface area contributed by atoms with E-state index in [2.05, 4.69) is 0 Å². The van der Waals surface area contributed by atoms with Gasteiger partial charge in [0.1, 0.15) is 12.2 Å². The van der Waals surface area contributed by atoms with Crippen molar-refractivity contribution in [2.75, 3.05) is 20.8 Å². The highest BCUT2D eigenvalue weighted by Gasteiger charge is 2.21. The van der Waals surface area contributed by atoms with Crippen molar-refractivity contribution in [2.24, 2.45) is 0 Å². The number of hydrogen-bond donors (Lipinski definition) is 4. The number of benzene rings is 1. The Hall–Kier alpha value is -1.50. The van der Waals surface area contributed by atoms with Crippen LogP contribution in [0.3, 0.4) is 0 Å². The predicted octanol–water partition coefficient (Wildman–Crippen LogP) is -0.204. The van der Waals surface area contributed by atoms with Crippen LogP contribution in [-0.2, 0) is 0 Å². The van der Waals surface area contributed by atoms with Crippen molar-refractivity contribution in [1.82, 2.24) is 0 Å². The molecule has 0 saturated carbocycles. The maximum absolute atomic E-state index is 9.72. The number of ether oxygens (including phenoxy) is 2. The van der Waals surface area contributed by atoms with Gasteiger partial charge in [-0.05, 0) is 17.7 Å². The zero-order valence-corrected chi connectivity index (χ0v) is 9.62. The molecule has 1 aromatic rings. The lowest BCUT2D eigenvalue weighted by Gasteiger charge is -2.18. The normalized spacial score (nSPS) is 14.2. The van der Waals surface area contributed by atoms with Crippen molar-refractivity contribution in [1.29, 1.82) is 0 Å². The van der Waals surface area contributed by atoms with Crippen LogP contribution >= 0.6 is 0 Å². The summed E-state index contributed by atoms with van der Waals surface area (Å²) in [6.07, 6.45) is -2.60. The molecule has 2 atom stereocenters. The molecule has 6 nitrogen and oxygen atoms in total. The summed E-state index contributed by atoms with van der Waals surface area (Å²) in [5, 5.41) is 37.4. The molecule has 0 amide bonds. The van der Waals surface area contributed by atoms with Gasteiger partial charge in [0.05, 0.1) is 20.8 Å². The Morgan fingerprint density at radius 2 is 1.59 bits per heavy atom. The standard InChI is InChI=1S/C11H16O6/c1-16-8-3-6(10(14)7(13)5-12)4-9(17-2)11(8)15/h3-4,7,10,12-15H,5H2,1-2H3/t7-,10+/m0/s1. The van der Waals surface area contributed by atoms with Crippen LogP contribution in [0.4, 0.5) is 0 Å². The van der Waals surface area contributed by atoms with Crippen LogP contribution in [0.2, 0.25) is 0 Å². The lowest BCUT2D eigenvalue weighted by Crippen LogP contribution is -2.22. The summed E-state index contributed by atoms with van der Waals surface area (Å²) < 4.78 is 9.81. The average molecular weight is 244 g/mol. The van der Waals surface area contributed by atoms with E-state index < -0.39 is 18.8 Å². The van der Waals surface area contributed by atoms with Gasteiger partial charge in [-0.25, -0.2) is 0 Å². The zero-order chi connectivity index (χ0) is 13.0. The molecule has 1 rings (SSSR count). The molecule has 0 aliphatic rings. The van der Waals surface area contributed by atoms with Crippen LogP contribution in [0.1, 0.15) is 11.7 Å². The molecule has 0 radical (unpaired) electrons. The molecule has 96 valence electrons. The third-order valence-corrected chi connectivity index (χ3v) is 2.40. The van der Waals surface area contributed by atoms with Gasteiger partial charge in [-0.3, -0.25) is 0 Å². The number of rotatable bonds is 5. The van der Waals surface area contributed by atoms with Gasteiger partial charge in [-0.15, -0.1) is 0 Å². The largest absolute Gasteiger partial charge is 0.502 e. The molecule has 0 saturated heterocycles. The van der Waals surface area contributed by atoms with Crippen LogP contribution < -0.4 is 9.47 Å². The number of hydrogen-bond acceptors (Lipinski definition) is 6. The average Bonchev–Trinajstić information content (AvgIpc) is 2.37. The Balaban J connectivity index is 3.17. The van der Waals surface area contributed by atoms with Gasteiger partial charge in [0.15, 0.2) is 11.5 Å². The monoisotopic (exact) mass is 244 g/mol. The van der Waals surface area contributed by atoms with E-state index >= 15 is 0 Å². The lowest BCUT2D eigenvalue weighted by molar-refractivity contribution is -0.0154. The van der Waals surface area contributed by atoms with E-state index in [1.165, 1.54) is 26.4 Å². The van der Waals surface area contributed by atoms with E-state index in [1.54, 1.807) is 0 Å². The summed E-state index contributed by atoms with van der Waals surface area (Å²) in [4.78, 5) is 0. The van der Waals surface area contributed by atoms with Crippen molar-refractivity contribution < 1.29 is 29.9 Å². The van der Waals surface area contributed by atoms with Crippen molar-refractivity contribution >= 4 is 0 Å². The Labute approximate surface area is 98.7 Å². The number of aromatic hydroxyl groups is 1. The molecule has 1 aromatic carbocycles. The van der Waals surface area contributed by atoms with Crippen molar-refractivity contribution in [3.63, 3.8) is 0 Å². The van der Waals surface area contributed by atoms with Gasteiger partial charge in [-0.2, -0.15) is 0 Å². The molecule has 0 aromatic heterocycles. The molecule has 0 aliphatic heterocycles. The topological polar surface area (TPSA) is 99.4 Å². The summed E-state index contributed by atoms with van der Waals surface area (Å²) in [7, 11) is 2.71. The van der Waals surface area contributed by atoms with E-state index in [-0.39, 0.29) is 22.8 Å². The first kappa shape index (κ1) is 13.6. The first-order valence-corrected chi connectivity index (χ1v) is 4.97. The van der Waals surface area contributed by atoms with Crippen molar-refractivity contribution in [2.45, 2.75) is 12.2 Å². The van der Waals surface area contributed by atoms with Crippen LogP contribution in [0.25, 0.3) is 0 Å². The molecule has 0 bridgehead atoms. The molecule has 17 heavy (non-hydrogen) atoms. The van der Waals surface area contributed by atoms with Gasteiger partial charge in [0.25, 0.3) is 0 Å². The summed E-state index contributed by atoms with van der Waals surface area (Å²) in [6.45, 7) is -0.577. The maximum Gasteiger partial charge on any atom is 0.200 e. The molecule has 0 fully saturated rings.